The molecule has 0 atom stereocenters. The van der Waals surface area contributed by atoms with Crippen LogP contribution in [0.1, 0.15) is 10.4 Å². The first-order valence-corrected chi connectivity index (χ1v) is 6.84. The third-order valence-electron chi connectivity index (χ3n) is 2.58. The van der Waals surface area contributed by atoms with E-state index in [0.717, 1.165) is 0 Å². The molecule has 0 radical (unpaired) electrons. The number of halogens is 1. The lowest BCUT2D eigenvalue weighted by molar-refractivity contribution is -0.384. The Balaban J connectivity index is 2.10. The minimum absolute atomic E-state index is 0.00751. The maximum absolute atomic E-state index is 11.4. The van der Waals surface area contributed by atoms with Gasteiger partial charge in [-0.3, -0.25) is 14.9 Å². The van der Waals surface area contributed by atoms with Gasteiger partial charge in [-0.1, -0.05) is 15.9 Å². The Morgan fingerprint density at radius 3 is 2.00 bits per heavy atom. The Hall–Kier alpha value is -2.21. The number of ketones is 1. The molecule has 2 aromatic carbocycles. The summed E-state index contributed by atoms with van der Waals surface area (Å²) in [5.74, 6) is 1.05. The van der Waals surface area contributed by atoms with Crippen LogP contribution in [-0.4, -0.2) is 16.0 Å². The van der Waals surface area contributed by atoms with Crippen molar-refractivity contribution < 1.29 is 14.5 Å². The first-order valence-electron chi connectivity index (χ1n) is 5.71. The second-order valence-corrected chi connectivity index (χ2v) is 4.49. The third-order valence-corrected chi connectivity index (χ3v) is 3.09. The van der Waals surface area contributed by atoms with Crippen molar-refractivity contribution in [2.75, 3.05) is 5.33 Å². The van der Waals surface area contributed by atoms with E-state index in [1.807, 2.05) is 0 Å². The number of carbonyl (C=O) groups is 1. The van der Waals surface area contributed by atoms with Gasteiger partial charge in [-0.15, -0.1) is 0 Å². The Bertz CT molecular complexity index is 623. The fraction of sp³-hybridized carbons (Fsp3) is 0.0714. The van der Waals surface area contributed by atoms with E-state index in [2.05, 4.69) is 15.9 Å². The molecule has 0 aliphatic heterocycles. The molecule has 0 saturated carbocycles. The van der Waals surface area contributed by atoms with E-state index in [0.29, 0.717) is 17.1 Å². The summed E-state index contributed by atoms with van der Waals surface area (Å²) in [7, 11) is 0. The van der Waals surface area contributed by atoms with Crippen LogP contribution in [0, 0.1) is 10.1 Å². The van der Waals surface area contributed by atoms with E-state index in [9.17, 15) is 14.9 Å². The highest BCUT2D eigenvalue weighted by Crippen LogP contribution is 2.24. The molecule has 0 spiro atoms. The highest BCUT2D eigenvalue weighted by atomic mass is 79.9. The molecule has 102 valence electrons. The summed E-state index contributed by atoms with van der Waals surface area (Å²) in [5.41, 5.74) is 0.605. The van der Waals surface area contributed by atoms with Crippen molar-refractivity contribution in [3.8, 4) is 11.5 Å². The van der Waals surface area contributed by atoms with Crippen LogP contribution in [0.3, 0.4) is 0 Å². The highest BCUT2D eigenvalue weighted by molar-refractivity contribution is 9.09. The zero-order valence-electron chi connectivity index (χ0n) is 10.3. The van der Waals surface area contributed by atoms with Crippen molar-refractivity contribution in [3.63, 3.8) is 0 Å². The minimum Gasteiger partial charge on any atom is -0.457 e. The molecule has 0 unspecified atom stereocenters. The summed E-state index contributed by atoms with van der Waals surface area (Å²) in [6.45, 7) is 0. The zero-order chi connectivity index (χ0) is 14.5. The minimum atomic E-state index is -0.468. The molecule has 0 N–H and O–H groups in total. The lowest BCUT2D eigenvalue weighted by atomic mass is 10.1. The van der Waals surface area contributed by atoms with Gasteiger partial charge >= 0.3 is 0 Å². The number of rotatable bonds is 5. The molecule has 2 rings (SSSR count). The summed E-state index contributed by atoms with van der Waals surface area (Å²) in [4.78, 5) is 21.5. The number of nitro benzene ring substituents is 1. The first-order chi connectivity index (χ1) is 9.60. The Morgan fingerprint density at radius 2 is 1.55 bits per heavy atom. The molecular formula is C14H10BrNO4. The van der Waals surface area contributed by atoms with Gasteiger partial charge in [0.15, 0.2) is 5.78 Å². The molecule has 6 heteroatoms. The van der Waals surface area contributed by atoms with E-state index in [4.69, 9.17) is 4.74 Å². The van der Waals surface area contributed by atoms with Crippen molar-refractivity contribution >= 4 is 27.4 Å². The second kappa shape index (κ2) is 6.29. The van der Waals surface area contributed by atoms with Crippen molar-refractivity contribution in [1.29, 1.82) is 0 Å². The SMILES string of the molecule is O=C(CBr)c1ccc(Oc2ccc([N+](=O)[O-])cc2)cc1. The average molecular weight is 336 g/mol. The molecule has 0 aliphatic carbocycles. The summed E-state index contributed by atoms with van der Waals surface area (Å²) in [6.07, 6.45) is 0. The van der Waals surface area contributed by atoms with Crippen LogP contribution in [0.5, 0.6) is 11.5 Å². The average Bonchev–Trinajstić information content (AvgIpc) is 2.48. The molecule has 0 heterocycles. The first kappa shape index (κ1) is 14.2. The topological polar surface area (TPSA) is 69.4 Å². The number of non-ortho nitro benzene ring substituents is 1. The van der Waals surface area contributed by atoms with Crippen LogP contribution in [0.4, 0.5) is 5.69 Å². The molecule has 0 saturated heterocycles. The lowest BCUT2D eigenvalue weighted by Gasteiger charge is -2.06. The quantitative estimate of drug-likeness (QED) is 0.359. The highest BCUT2D eigenvalue weighted by Gasteiger charge is 2.06. The van der Waals surface area contributed by atoms with Crippen LogP contribution in [-0.2, 0) is 0 Å². The van der Waals surface area contributed by atoms with Gasteiger partial charge in [0.05, 0.1) is 10.3 Å². The van der Waals surface area contributed by atoms with Crippen molar-refractivity contribution in [2.45, 2.75) is 0 Å². The van der Waals surface area contributed by atoms with Crippen LogP contribution >= 0.6 is 15.9 Å². The Kier molecular flexibility index (Phi) is 4.47. The maximum atomic E-state index is 11.4. The summed E-state index contributed by atoms with van der Waals surface area (Å²) < 4.78 is 5.54. The maximum Gasteiger partial charge on any atom is 0.269 e. The molecule has 5 nitrogen and oxygen atoms in total. The molecule has 20 heavy (non-hydrogen) atoms. The number of Topliss-reactive ketones (excluding diaryl/α,β-unsaturated/α-hetero) is 1. The molecule has 0 fully saturated rings. The van der Waals surface area contributed by atoms with E-state index in [1.165, 1.54) is 24.3 Å². The summed E-state index contributed by atoms with van der Waals surface area (Å²) in [5, 5.41) is 10.8. The van der Waals surface area contributed by atoms with Gasteiger partial charge in [-0.2, -0.15) is 0 Å². The monoisotopic (exact) mass is 335 g/mol. The van der Waals surface area contributed by atoms with Crippen LogP contribution in [0.2, 0.25) is 0 Å². The lowest BCUT2D eigenvalue weighted by Crippen LogP contribution is -1.99. The predicted molar refractivity (Wildman–Crippen MR) is 77.7 cm³/mol. The van der Waals surface area contributed by atoms with Gasteiger partial charge in [-0.25, -0.2) is 0 Å². The Morgan fingerprint density at radius 1 is 1.05 bits per heavy atom. The van der Waals surface area contributed by atoms with Crippen molar-refractivity contribution in [3.05, 3.63) is 64.2 Å². The molecule has 0 bridgehead atoms. The fourth-order valence-electron chi connectivity index (χ4n) is 1.56. The Labute approximate surface area is 123 Å². The predicted octanol–water partition coefficient (Wildman–Crippen LogP) is 3.96. The standard InChI is InChI=1S/C14H10BrNO4/c15-9-14(17)10-1-5-12(6-2-10)20-13-7-3-11(4-8-13)16(18)19/h1-8H,9H2. The number of hydrogen-bond donors (Lipinski definition) is 0. The van der Waals surface area contributed by atoms with Crippen molar-refractivity contribution in [1.82, 2.24) is 0 Å². The smallest absolute Gasteiger partial charge is 0.269 e. The van der Waals surface area contributed by atoms with Crippen LogP contribution < -0.4 is 4.74 Å². The van der Waals surface area contributed by atoms with Crippen LogP contribution in [0.15, 0.2) is 48.5 Å². The normalized spacial score (nSPS) is 10.1. The number of ether oxygens (including phenoxy) is 1. The van der Waals surface area contributed by atoms with Crippen LogP contribution in [0.25, 0.3) is 0 Å². The summed E-state index contributed by atoms with van der Waals surface area (Å²) >= 11 is 3.11. The third kappa shape index (κ3) is 3.42. The summed E-state index contributed by atoms with van der Waals surface area (Å²) in [6, 6.07) is 12.5. The number of alkyl halides is 1. The number of carbonyl (C=O) groups excluding carboxylic acids is 1. The largest absolute Gasteiger partial charge is 0.457 e. The van der Waals surface area contributed by atoms with Crippen molar-refractivity contribution in [2.24, 2.45) is 0 Å². The number of hydrogen-bond acceptors (Lipinski definition) is 4. The van der Waals surface area contributed by atoms with E-state index < -0.39 is 4.92 Å². The molecular weight excluding hydrogens is 326 g/mol. The van der Waals surface area contributed by atoms with Gasteiger partial charge in [0.1, 0.15) is 11.5 Å². The zero-order valence-corrected chi connectivity index (χ0v) is 11.9. The van der Waals surface area contributed by atoms with E-state index in [1.54, 1.807) is 24.3 Å². The second-order valence-electron chi connectivity index (χ2n) is 3.93. The molecule has 2 aromatic rings. The molecule has 0 aliphatic rings. The van der Waals surface area contributed by atoms with E-state index in [-0.39, 0.29) is 16.8 Å². The number of nitrogens with zero attached hydrogens (tertiary/aromatic N) is 1. The van der Waals surface area contributed by atoms with Gasteiger partial charge in [0.2, 0.25) is 0 Å². The van der Waals surface area contributed by atoms with E-state index >= 15 is 0 Å². The van der Waals surface area contributed by atoms with Gasteiger partial charge in [0, 0.05) is 17.7 Å². The number of nitro groups is 1. The fourth-order valence-corrected chi connectivity index (χ4v) is 1.88. The molecule has 0 amide bonds. The molecule has 0 aromatic heterocycles. The van der Waals surface area contributed by atoms with Gasteiger partial charge in [-0.05, 0) is 36.4 Å². The number of benzene rings is 2. The van der Waals surface area contributed by atoms with Gasteiger partial charge in [0.25, 0.3) is 5.69 Å². The van der Waals surface area contributed by atoms with Gasteiger partial charge < -0.3 is 4.74 Å².